The van der Waals surface area contributed by atoms with Crippen molar-refractivity contribution >= 4 is 34.8 Å². The van der Waals surface area contributed by atoms with Gasteiger partial charge in [-0.2, -0.15) is 0 Å². The van der Waals surface area contributed by atoms with Crippen molar-refractivity contribution in [3.8, 4) is 0 Å². The lowest BCUT2D eigenvalue weighted by atomic mass is 9.90. The van der Waals surface area contributed by atoms with Crippen molar-refractivity contribution in [2.24, 2.45) is 5.92 Å². The highest BCUT2D eigenvalue weighted by atomic mass is 35.5. The molecule has 138 valence electrons. The van der Waals surface area contributed by atoms with Gasteiger partial charge in [-0.05, 0) is 56.0 Å². The number of nitrogens with zero attached hydrogens (tertiary/aromatic N) is 1. The zero-order valence-corrected chi connectivity index (χ0v) is 16.3. The third-order valence-corrected chi connectivity index (χ3v) is 5.59. The monoisotopic (exact) mass is 390 g/mol. The standard InChI is InChI=1S/C21H24Cl2N2O/c22-18-7-4-8-19(23)21(18)24-20(26)11-14-25-12-9-17(10-13-25)15-16-5-2-1-3-6-16/h1-8,17H,9-15H2,(H,24,26). The Morgan fingerprint density at radius 2 is 1.65 bits per heavy atom. The van der Waals surface area contributed by atoms with E-state index in [1.807, 2.05) is 0 Å². The molecule has 1 amide bonds. The molecular weight excluding hydrogens is 367 g/mol. The van der Waals surface area contributed by atoms with E-state index < -0.39 is 0 Å². The molecule has 0 radical (unpaired) electrons. The van der Waals surface area contributed by atoms with Crippen molar-refractivity contribution in [3.05, 3.63) is 64.1 Å². The van der Waals surface area contributed by atoms with Crippen molar-refractivity contribution < 1.29 is 4.79 Å². The summed E-state index contributed by atoms with van der Waals surface area (Å²) in [5, 5.41) is 3.76. The van der Waals surface area contributed by atoms with Gasteiger partial charge >= 0.3 is 0 Å². The minimum atomic E-state index is -0.0496. The summed E-state index contributed by atoms with van der Waals surface area (Å²) in [5.41, 5.74) is 1.92. The molecule has 2 aromatic carbocycles. The van der Waals surface area contributed by atoms with Crippen LogP contribution >= 0.6 is 23.2 Å². The van der Waals surface area contributed by atoms with E-state index in [1.165, 1.54) is 18.4 Å². The van der Waals surface area contributed by atoms with E-state index >= 15 is 0 Å². The van der Waals surface area contributed by atoms with Gasteiger partial charge in [-0.3, -0.25) is 4.79 Å². The Labute approximate surface area is 165 Å². The number of benzene rings is 2. The lowest BCUT2D eigenvalue weighted by Gasteiger charge is -2.31. The van der Waals surface area contributed by atoms with Gasteiger partial charge in [0.05, 0.1) is 15.7 Å². The average Bonchev–Trinajstić information content (AvgIpc) is 2.65. The highest BCUT2D eigenvalue weighted by molar-refractivity contribution is 6.39. The lowest BCUT2D eigenvalue weighted by Crippen LogP contribution is -2.36. The minimum Gasteiger partial charge on any atom is -0.324 e. The van der Waals surface area contributed by atoms with Gasteiger partial charge in [0.25, 0.3) is 0 Å². The van der Waals surface area contributed by atoms with Crippen molar-refractivity contribution in [2.45, 2.75) is 25.7 Å². The molecule has 1 aliphatic heterocycles. The molecule has 1 N–H and O–H groups in total. The van der Waals surface area contributed by atoms with Gasteiger partial charge in [-0.25, -0.2) is 0 Å². The molecule has 1 heterocycles. The molecule has 1 fully saturated rings. The number of hydrogen-bond acceptors (Lipinski definition) is 2. The highest BCUT2D eigenvalue weighted by Crippen LogP contribution is 2.30. The first kappa shape index (κ1) is 19.2. The molecule has 0 aliphatic carbocycles. The summed E-state index contributed by atoms with van der Waals surface area (Å²) in [6.45, 7) is 2.88. The number of piperidine rings is 1. The number of carbonyl (C=O) groups is 1. The molecule has 3 rings (SSSR count). The number of rotatable bonds is 6. The third kappa shape index (κ3) is 5.47. The number of carbonyl (C=O) groups excluding carboxylic acids is 1. The normalized spacial score (nSPS) is 15.8. The molecule has 26 heavy (non-hydrogen) atoms. The first-order chi connectivity index (χ1) is 12.6. The van der Waals surface area contributed by atoms with Gasteiger partial charge in [0, 0.05) is 13.0 Å². The Bertz CT molecular complexity index is 708. The lowest BCUT2D eigenvalue weighted by molar-refractivity contribution is -0.116. The van der Waals surface area contributed by atoms with E-state index in [2.05, 4.69) is 40.5 Å². The summed E-state index contributed by atoms with van der Waals surface area (Å²) in [5.74, 6) is 0.691. The fourth-order valence-corrected chi connectivity index (χ4v) is 3.93. The second kappa shape index (κ2) is 9.40. The molecule has 0 bridgehead atoms. The number of para-hydroxylation sites is 1. The van der Waals surface area contributed by atoms with E-state index in [4.69, 9.17) is 23.2 Å². The number of likely N-dealkylation sites (tertiary alicyclic amines) is 1. The van der Waals surface area contributed by atoms with Gasteiger partial charge < -0.3 is 10.2 Å². The summed E-state index contributed by atoms with van der Waals surface area (Å²) >= 11 is 12.2. The van der Waals surface area contributed by atoms with Crippen molar-refractivity contribution in [3.63, 3.8) is 0 Å². The van der Waals surface area contributed by atoms with Crippen molar-refractivity contribution in [2.75, 3.05) is 25.0 Å². The van der Waals surface area contributed by atoms with Gasteiger partial charge in [-0.1, -0.05) is 59.6 Å². The first-order valence-electron chi connectivity index (χ1n) is 9.12. The summed E-state index contributed by atoms with van der Waals surface area (Å²) < 4.78 is 0. The number of halogens is 2. The predicted molar refractivity (Wildman–Crippen MR) is 109 cm³/mol. The Kier molecular flexibility index (Phi) is 6.95. The Morgan fingerprint density at radius 3 is 2.31 bits per heavy atom. The second-order valence-electron chi connectivity index (χ2n) is 6.87. The fraction of sp³-hybridized carbons (Fsp3) is 0.381. The Balaban J connectivity index is 1.40. The number of nitrogens with one attached hydrogen (secondary N) is 1. The van der Waals surface area contributed by atoms with Crippen LogP contribution in [0.15, 0.2) is 48.5 Å². The smallest absolute Gasteiger partial charge is 0.225 e. The number of amides is 1. The molecule has 5 heteroatoms. The van der Waals surface area contributed by atoms with Crippen LogP contribution in [0.5, 0.6) is 0 Å². The van der Waals surface area contributed by atoms with E-state index in [0.29, 0.717) is 22.2 Å². The maximum absolute atomic E-state index is 12.2. The summed E-state index contributed by atoms with van der Waals surface area (Å²) in [6, 6.07) is 15.9. The summed E-state index contributed by atoms with van der Waals surface area (Å²) in [4.78, 5) is 14.6. The molecule has 1 aliphatic rings. The number of hydrogen-bond donors (Lipinski definition) is 1. The van der Waals surface area contributed by atoms with Gasteiger partial charge in [0.2, 0.25) is 5.91 Å². The molecular formula is C21H24Cl2N2O. The van der Waals surface area contributed by atoms with E-state index in [0.717, 1.165) is 32.0 Å². The third-order valence-electron chi connectivity index (χ3n) is 4.96. The minimum absolute atomic E-state index is 0.0496. The molecule has 3 nitrogen and oxygen atoms in total. The van der Waals surface area contributed by atoms with Crippen LogP contribution < -0.4 is 5.32 Å². The molecule has 0 saturated carbocycles. The van der Waals surface area contributed by atoms with Crippen LogP contribution in [0.4, 0.5) is 5.69 Å². The molecule has 0 atom stereocenters. The van der Waals surface area contributed by atoms with Gasteiger partial charge in [0.1, 0.15) is 0 Å². The maximum Gasteiger partial charge on any atom is 0.225 e. The van der Waals surface area contributed by atoms with Crippen LogP contribution in [0, 0.1) is 5.92 Å². The van der Waals surface area contributed by atoms with E-state index in [-0.39, 0.29) is 5.91 Å². The molecule has 0 spiro atoms. The highest BCUT2D eigenvalue weighted by Gasteiger charge is 2.20. The molecule has 0 unspecified atom stereocenters. The van der Waals surface area contributed by atoms with Crippen LogP contribution in [0.1, 0.15) is 24.8 Å². The zero-order valence-electron chi connectivity index (χ0n) is 14.8. The van der Waals surface area contributed by atoms with Crippen molar-refractivity contribution in [1.82, 2.24) is 4.90 Å². The van der Waals surface area contributed by atoms with E-state index in [1.54, 1.807) is 18.2 Å². The summed E-state index contributed by atoms with van der Waals surface area (Å²) in [6.07, 6.45) is 3.98. The zero-order chi connectivity index (χ0) is 18.4. The second-order valence-corrected chi connectivity index (χ2v) is 7.68. The van der Waals surface area contributed by atoms with Gasteiger partial charge in [0.15, 0.2) is 0 Å². The average molecular weight is 391 g/mol. The fourth-order valence-electron chi connectivity index (χ4n) is 3.44. The quantitative estimate of drug-likeness (QED) is 0.727. The van der Waals surface area contributed by atoms with Gasteiger partial charge in [-0.15, -0.1) is 0 Å². The van der Waals surface area contributed by atoms with Crippen molar-refractivity contribution in [1.29, 1.82) is 0 Å². The topological polar surface area (TPSA) is 32.3 Å². The molecule has 1 saturated heterocycles. The predicted octanol–water partition coefficient (Wildman–Crippen LogP) is 5.28. The van der Waals surface area contributed by atoms with Crippen LogP contribution in [-0.4, -0.2) is 30.4 Å². The Morgan fingerprint density at radius 1 is 1.00 bits per heavy atom. The summed E-state index contributed by atoms with van der Waals surface area (Å²) in [7, 11) is 0. The van der Waals surface area contributed by atoms with E-state index in [9.17, 15) is 4.79 Å². The SMILES string of the molecule is O=C(CCN1CCC(Cc2ccccc2)CC1)Nc1c(Cl)cccc1Cl. The number of anilines is 1. The van der Waals surface area contributed by atoms with Crippen LogP contribution in [-0.2, 0) is 11.2 Å². The van der Waals surface area contributed by atoms with Crippen LogP contribution in [0.3, 0.4) is 0 Å². The molecule has 0 aromatic heterocycles. The van der Waals surface area contributed by atoms with Crippen LogP contribution in [0.2, 0.25) is 10.0 Å². The largest absolute Gasteiger partial charge is 0.324 e. The van der Waals surface area contributed by atoms with Crippen LogP contribution in [0.25, 0.3) is 0 Å². The molecule has 2 aromatic rings. The first-order valence-corrected chi connectivity index (χ1v) is 9.87. The Hall–Kier alpha value is -1.55. The maximum atomic E-state index is 12.2.